The summed E-state index contributed by atoms with van der Waals surface area (Å²) in [7, 11) is 0. The Hall–Kier alpha value is -2.99. The molecule has 2 aliphatic rings. The molecule has 0 saturated carbocycles. The third-order valence-corrected chi connectivity index (χ3v) is 4.79. The summed E-state index contributed by atoms with van der Waals surface area (Å²) in [6.45, 7) is 1.37. The molecule has 11 nitrogen and oxygen atoms in total. The molecule has 2 saturated heterocycles. The number of hydrogen-bond donors (Lipinski definition) is 2. The number of nitro groups is 1. The van der Waals surface area contributed by atoms with Crippen molar-refractivity contribution in [2.45, 2.75) is 43.9 Å². The topological polar surface area (TPSA) is 143 Å². The minimum atomic E-state index is -1.20. The van der Waals surface area contributed by atoms with E-state index in [1.54, 1.807) is 12.1 Å². The number of nitro benzene ring substituents is 1. The molecule has 2 fully saturated rings. The van der Waals surface area contributed by atoms with E-state index in [0.717, 1.165) is 0 Å². The molecule has 160 valence electrons. The first-order valence-electron chi connectivity index (χ1n) is 9.24. The summed E-state index contributed by atoms with van der Waals surface area (Å²) in [6, 6.07) is 7.91. The number of nitrogens with zero attached hydrogens (tertiary/aromatic N) is 1. The zero-order chi connectivity index (χ0) is 21.3. The lowest BCUT2D eigenvalue weighted by Gasteiger charge is -2.47. The smallest absolute Gasteiger partial charge is 0.273 e. The molecule has 2 aliphatic heterocycles. The van der Waals surface area contributed by atoms with Gasteiger partial charge in [-0.15, -0.1) is 0 Å². The minimum Gasteiger partial charge on any atom is -0.464 e. The zero-order valence-electron chi connectivity index (χ0n) is 15.9. The van der Waals surface area contributed by atoms with Crippen molar-refractivity contribution >= 4 is 11.6 Å². The highest BCUT2D eigenvalue weighted by Gasteiger charge is 2.51. The number of nitrogens with one attached hydrogen (secondary N) is 1. The minimum absolute atomic E-state index is 0.0781. The van der Waals surface area contributed by atoms with Crippen molar-refractivity contribution < 1.29 is 38.2 Å². The molecular formula is C19H20N2O9. The number of carbonyl (C=O) groups is 1. The van der Waals surface area contributed by atoms with E-state index in [0.29, 0.717) is 5.76 Å². The van der Waals surface area contributed by atoms with E-state index >= 15 is 0 Å². The summed E-state index contributed by atoms with van der Waals surface area (Å²) in [5.74, 6) is 0.177. The molecule has 11 heteroatoms. The second-order valence-corrected chi connectivity index (χ2v) is 6.91. The van der Waals surface area contributed by atoms with E-state index in [9.17, 15) is 20.0 Å². The van der Waals surface area contributed by atoms with Gasteiger partial charge in [0.05, 0.1) is 23.9 Å². The van der Waals surface area contributed by atoms with Crippen molar-refractivity contribution in [3.05, 3.63) is 58.5 Å². The standard InChI is InChI=1S/C19H20N2O9/c1-10(22)20-15-16(23)17-14(9-27-18(30-17)13-6-3-7-26-13)29-19(15)28-12-5-2-4-11(8-12)21(24)25/h2-8,14-19,23H,9H2,1H3,(H,20,22). The van der Waals surface area contributed by atoms with Gasteiger partial charge in [-0.05, 0) is 18.2 Å². The fraction of sp³-hybridized carbons (Fsp3) is 0.421. The van der Waals surface area contributed by atoms with Gasteiger partial charge in [-0.2, -0.15) is 0 Å². The Morgan fingerprint density at radius 3 is 2.83 bits per heavy atom. The molecule has 2 N–H and O–H groups in total. The number of hydrogen-bond acceptors (Lipinski definition) is 9. The average molecular weight is 420 g/mol. The fourth-order valence-electron chi connectivity index (χ4n) is 3.45. The Morgan fingerprint density at radius 1 is 1.30 bits per heavy atom. The van der Waals surface area contributed by atoms with Crippen LogP contribution in [0.15, 0.2) is 47.1 Å². The van der Waals surface area contributed by atoms with Crippen LogP contribution in [0.2, 0.25) is 0 Å². The molecule has 6 unspecified atom stereocenters. The maximum atomic E-state index is 11.7. The lowest BCUT2D eigenvalue weighted by Crippen LogP contribution is -2.67. The number of rotatable bonds is 5. The van der Waals surface area contributed by atoms with Gasteiger partial charge in [-0.3, -0.25) is 14.9 Å². The van der Waals surface area contributed by atoms with Crippen LogP contribution in [0.1, 0.15) is 19.0 Å². The Morgan fingerprint density at radius 2 is 2.13 bits per heavy atom. The van der Waals surface area contributed by atoms with Crippen LogP contribution in [0, 0.1) is 10.1 Å². The van der Waals surface area contributed by atoms with Gasteiger partial charge in [-0.25, -0.2) is 0 Å². The molecule has 2 aromatic rings. The van der Waals surface area contributed by atoms with Crippen LogP contribution < -0.4 is 10.1 Å². The summed E-state index contributed by atoms with van der Waals surface area (Å²) < 4.78 is 28.4. The van der Waals surface area contributed by atoms with E-state index < -0.39 is 47.8 Å². The van der Waals surface area contributed by atoms with E-state index in [1.807, 2.05) is 0 Å². The van der Waals surface area contributed by atoms with Crippen LogP contribution >= 0.6 is 0 Å². The number of ether oxygens (including phenoxy) is 4. The van der Waals surface area contributed by atoms with Crippen molar-refractivity contribution in [2.24, 2.45) is 0 Å². The molecule has 0 bridgehead atoms. The molecule has 6 atom stereocenters. The predicted molar refractivity (Wildman–Crippen MR) is 98.3 cm³/mol. The lowest BCUT2D eigenvalue weighted by molar-refractivity contribution is -0.385. The number of benzene rings is 1. The third kappa shape index (κ3) is 4.14. The molecule has 1 aromatic carbocycles. The lowest BCUT2D eigenvalue weighted by atomic mass is 9.96. The van der Waals surface area contributed by atoms with Crippen molar-refractivity contribution in [3.63, 3.8) is 0 Å². The molecule has 30 heavy (non-hydrogen) atoms. The highest BCUT2D eigenvalue weighted by molar-refractivity contribution is 5.73. The molecular weight excluding hydrogens is 400 g/mol. The van der Waals surface area contributed by atoms with Gasteiger partial charge in [0.15, 0.2) is 5.76 Å². The summed E-state index contributed by atoms with van der Waals surface area (Å²) in [5.41, 5.74) is -0.163. The summed E-state index contributed by atoms with van der Waals surface area (Å²) in [5, 5.41) is 24.5. The second kappa shape index (κ2) is 8.40. The van der Waals surface area contributed by atoms with Crippen LogP contribution in [0.3, 0.4) is 0 Å². The first-order valence-corrected chi connectivity index (χ1v) is 9.24. The van der Waals surface area contributed by atoms with Gasteiger partial charge in [0.25, 0.3) is 5.69 Å². The highest BCUT2D eigenvalue weighted by Crippen LogP contribution is 2.35. The molecule has 4 rings (SSSR count). The van der Waals surface area contributed by atoms with Crippen molar-refractivity contribution in [2.75, 3.05) is 6.61 Å². The third-order valence-electron chi connectivity index (χ3n) is 4.79. The van der Waals surface area contributed by atoms with Crippen LogP contribution in [-0.2, 0) is 19.0 Å². The number of aliphatic hydroxyl groups is 1. The maximum Gasteiger partial charge on any atom is 0.273 e. The molecule has 0 aliphatic carbocycles. The molecule has 1 aromatic heterocycles. The van der Waals surface area contributed by atoms with Crippen molar-refractivity contribution in [1.82, 2.24) is 5.32 Å². The number of aliphatic hydroxyl groups excluding tert-OH is 1. The molecule has 1 amide bonds. The Labute approximate surface area is 170 Å². The van der Waals surface area contributed by atoms with E-state index in [2.05, 4.69) is 5.32 Å². The number of fused-ring (bicyclic) bond motifs is 1. The summed E-state index contributed by atoms with van der Waals surface area (Å²) >= 11 is 0. The quantitative estimate of drug-likeness (QED) is 0.540. The van der Waals surface area contributed by atoms with Crippen LogP contribution in [0.5, 0.6) is 5.75 Å². The summed E-state index contributed by atoms with van der Waals surface area (Å²) in [4.78, 5) is 22.2. The summed E-state index contributed by atoms with van der Waals surface area (Å²) in [6.07, 6.45) is -3.19. The number of furan rings is 1. The number of non-ortho nitro benzene ring substituents is 1. The highest BCUT2D eigenvalue weighted by atomic mass is 16.8. The van der Waals surface area contributed by atoms with Gasteiger partial charge < -0.3 is 33.8 Å². The molecule has 0 spiro atoms. The Balaban J connectivity index is 1.54. The van der Waals surface area contributed by atoms with Crippen LogP contribution in [-0.4, -0.2) is 53.2 Å². The second-order valence-electron chi connectivity index (χ2n) is 6.91. The normalized spacial score (nSPS) is 30.9. The zero-order valence-corrected chi connectivity index (χ0v) is 15.9. The van der Waals surface area contributed by atoms with E-state index in [1.165, 1.54) is 37.5 Å². The first kappa shape index (κ1) is 20.3. The number of carbonyl (C=O) groups excluding carboxylic acids is 1. The predicted octanol–water partition coefficient (Wildman–Crippen LogP) is 1.27. The SMILES string of the molecule is CC(=O)NC1C(Oc2cccc([N+](=O)[O-])c2)OC2COC(c3ccco3)OC2C1O. The van der Waals surface area contributed by atoms with Gasteiger partial charge in [0.1, 0.15) is 30.1 Å². The fourth-order valence-corrected chi connectivity index (χ4v) is 3.45. The van der Waals surface area contributed by atoms with E-state index in [4.69, 9.17) is 23.4 Å². The average Bonchev–Trinajstić information content (AvgIpc) is 3.25. The maximum absolute atomic E-state index is 11.7. The van der Waals surface area contributed by atoms with E-state index in [-0.39, 0.29) is 18.0 Å². The molecule has 0 radical (unpaired) electrons. The van der Waals surface area contributed by atoms with Crippen molar-refractivity contribution in [1.29, 1.82) is 0 Å². The van der Waals surface area contributed by atoms with Gasteiger partial charge >= 0.3 is 0 Å². The Bertz CT molecular complexity index is 903. The van der Waals surface area contributed by atoms with Crippen LogP contribution in [0.4, 0.5) is 5.69 Å². The van der Waals surface area contributed by atoms with Crippen molar-refractivity contribution in [3.8, 4) is 5.75 Å². The van der Waals surface area contributed by atoms with Gasteiger partial charge in [0.2, 0.25) is 18.5 Å². The first-order chi connectivity index (χ1) is 14.4. The Kier molecular flexibility index (Phi) is 5.68. The molecule has 3 heterocycles. The van der Waals surface area contributed by atoms with Crippen LogP contribution in [0.25, 0.3) is 0 Å². The van der Waals surface area contributed by atoms with Gasteiger partial charge in [0, 0.05) is 13.0 Å². The monoisotopic (exact) mass is 420 g/mol. The largest absolute Gasteiger partial charge is 0.464 e. The number of amides is 1. The van der Waals surface area contributed by atoms with Gasteiger partial charge in [-0.1, -0.05) is 6.07 Å².